The van der Waals surface area contributed by atoms with Gasteiger partial charge in [0.05, 0.1) is 6.10 Å². The molecule has 11 heavy (non-hydrogen) atoms. The maximum atomic E-state index is 10.8. The summed E-state index contributed by atoms with van der Waals surface area (Å²) in [7, 11) is 0. The number of carbonyl (C=O) groups is 1. The zero-order valence-corrected chi connectivity index (χ0v) is 6.45. The highest BCUT2D eigenvalue weighted by Crippen LogP contribution is 2.18. The fraction of sp³-hybridized carbons (Fsp3) is 0.625. The molecule has 0 radical (unpaired) electrons. The molecule has 0 aromatic heterocycles. The molecule has 0 saturated carbocycles. The summed E-state index contributed by atoms with van der Waals surface area (Å²) in [5.41, 5.74) is 0.633. The van der Waals surface area contributed by atoms with Gasteiger partial charge in [0, 0.05) is 6.42 Å². The van der Waals surface area contributed by atoms with E-state index in [0.717, 1.165) is 0 Å². The molecular formula is C8H12O3. The Labute approximate surface area is 65.3 Å². The van der Waals surface area contributed by atoms with Gasteiger partial charge in [0.25, 0.3) is 0 Å². The van der Waals surface area contributed by atoms with E-state index in [2.05, 4.69) is 0 Å². The number of rotatable bonds is 1. The highest BCUT2D eigenvalue weighted by Gasteiger charge is 2.26. The van der Waals surface area contributed by atoms with Crippen LogP contribution in [-0.2, 0) is 4.79 Å². The van der Waals surface area contributed by atoms with Crippen LogP contribution in [0.4, 0.5) is 0 Å². The topological polar surface area (TPSA) is 57.5 Å². The summed E-state index contributed by atoms with van der Waals surface area (Å²) in [6.07, 6.45) is 0.353. The van der Waals surface area contributed by atoms with Crippen molar-refractivity contribution in [2.45, 2.75) is 32.0 Å². The SMILES string of the molecule is CCC1=CC(=O)C[C@H](O)[C@@H]1O. The number of aliphatic hydroxyl groups is 2. The minimum Gasteiger partial charge on any atom is -0.390 e. The lowest BCUT2D eigenvalue weighted by Crippen LogP contribution is -2.33. The maximum Gasteiger partial charge on any atom is 0.158 e. The molecule has 0 amide bonds. The van der Waals surface area contributed by atoms with Gasteiger partial charge in [-0.25, -0.2) is 0 Å². The lowest BCUT2D eigenvalue weighted by molar-refractivity contribution is -0.119. The summed E-state index contributed by atoms with van der Waals surface area (Å²) in [4.78, 5) is 10.8. The van der Waals surface area contributed by atoms with Gasteiger partial charge < -0.3 is 10.2 Å². The Morgan fingerprint density at radius 1 is 1.64 bits per heavy atom. The number of aliphatic hydroxyl groups excluding tert-OH is 2. The first-order chi connectivity index (χ1) is 5.15. The molecule has 0 heterocycles. The second-order valence-corrected chi connectivity index (χ2v) is 2.76. The van der Waals surface area contributed by atoms with Gasteiger partial charge in [-0.1, -0.05) is 6.92 Å². The van der Waals surface area contributed by atoms with E-state index >= 15 is 0 Å². The molecule has 62 valence electrons. The smallest absolute Gasteiger partial charge is 0.158 e. The van der Waals surface area contributed by atoms with E-state index in [1.165, 1.54) is 6.08 Å². The van der Waals surface area contributed by atoms with Crippen LogP contribution < -0.4 is 0 Å². The number of carbonyl (C=O) groups excluding carboxylic acids is 1. The molecule has 0 unspecified atom stereocenters. The van der Waals surface area contributed by atoms with Gasteiger partial charge in [0.15, 0.2) is 5.78 Å². The lowest BCUT2D eigenvalue weighted by atomic mass is 9.91. The van der Waals surface area contributed by atoms with Gasteiger partial charge >= 0.3 is 0 Å². The van der Waals surface area contributed by atoms with Crippen LogP contribution in [0, 0.1) is 0 Å². The third-order valence-electron chi connectivity index (χ3n) is 1.91. The highest BCUT2D eigenvalue weighted by atomic mass is 16.3. The van der Waals surface area contributed by atoms with Crippen LogP contribution in [0.2, 0.25) is 0 Å². The van der Waals surface area contributed by atoms with E-state index in [1.54, 1.807) is 0 Å². The zero-order chi connectivity index (χ0) is 8.43. The molecule has 1 aliphatic carbocycles. The molecule has 1 aliphatic rings. The van der Waals surface area contributed by atoms with Gasteiger partial charge in [0.1, 0.15) is 6.10 Å². The van der Waals surface area contributed by atoms with Crippen LogP contribution in [0.3, 0.4) is 0 Å². The van der Waals surface area contributed by atoms with Crippen molar-refractivity contribution < 1.29 is 15.0 Å². The normalized spacial score (nSPS) is 31.9. The van der Waals surface area contributed by atoms with Crippen molar-refractivity contribution in [2.24, 2.45) is 0 Å². The number of hydrogen-bond acceptors (Lipinski definition) is 3. The van der Waals surface area contributed by atoms with Crippen molar-refractivity contribution in [3.8, 4) is 0 Å². The molecule has 1 rings (SSSR count). The number of hydrogen-bond donors (Lipinski definition) is 2. The van der Waals surface area contributed by atoms with Crippen LogP contribution in [0.1, 0.15) is 19.8 Å². The summed E-state index contributed by atoms with van der Waals surface area (Å²) in [5, 5.41) is 18.4. The zero-order valence-electron chi connectivity index (χ0n) is 6.45. The molecule has 0 bridgehead atoms. The summed E-state index contributed by atoms with van der Waals surface area (Å²) in [6.45, 7) is 1.85. The molecule has 0 spiro atoms. The number of ketones is 1. The van der Waals surface area contributed by atoms with Crippen LogP contribution in [0.15, 0.2) is 11.6 Å². The van der Waals surface area contributed by atoms with Gasteiger partial charge in [0.2, 0.25) is 0 Å². The summed E-state index contributed by atoms with van der Waals surface area (Å²) in [5.74, 6) is -0.0975. The Bertz CT molecular complexity index is 196. The van der Waals surface area contributed by atoms with E-state index < -0.39 is 12.2 Å². The predicted octanol–water partition coefficient (Wildman–Crippen LogP) is 0.0174. The van der Waals surface area contributed by atoms with E-state index in [4.69, 9.17) is 5.11 Å². The van der Waals surface area contributed by atoms with Crippen molar-refractivity contribution in [1.29, 1.82) is 0 Å². The van der Waals surface area contributed by atoms with Crippen molar-refractivity contribution in [3.05, 3.63) is 11.6 Å². The van der Waals surface area contributed by atoms with Crippen LogP contribution in [-0.4, -0.2) is 28.2 Å². The Morgan fingerprint density at radius 3 is 2.82 bits per heavy atom. The van der Waals surface area contributed by atoms with Gasteiger partial charge in [-0.3, -0.25) is 4.79 Å². The monoisotopic (exact) mass is 156 g/mol. The first-order valence-electron chi connectivity index (χ1n) is 3.74. The van der Waals surface area contributed by atoms with Crippen LogP contribution >= 0.6 is 0 Å². The van der Waals surface area contributed by atoms with E-state index in [9.17, 15) is 9.90 Å². The Balaban J connectivity index is 2.81. The lowest BCUT2D eigenvalue weighted by Gasteiger charge is -2.23. The van der Waals surface area contributed by atoms with Crippen molar-refractivity contribution in [1.82, 2.24) is 0 Å². The second kappa shape index (κ2) is 3.15. The predicted molar refractivity (Wildman–Crippen MR) is 40.0 cm³/mol. The van der Waals surface area contributed by atoms with Crippen molar-refractivity contribution >= 4 is 5.78 Å². The molecule has 0 saturated heterocycles. The second-order valence-electron chi connectivity index (χ2n) is 2.76. The maximum absolute atomic E-state index is 10.8. The molecule has 2 atom stereocenters. The quantitative estimate of drug-likeness (QED) is 0.562. The molecule has 2 N–H and O–H groups in total. The third-order valence-corrected chi connectivity index (χ3v) is 1.91. The first-order valence-corrected chi connectivity index (χ1v) is 3.74. The molecule has 0 aliphatic heterocycles. The van der Waals surface area contributed by atoms with Crippen molar-refractivity contribution in [3.63, 3.8) is 0 Å². The molecule has 0 aromatic rings. The van der Waals surface area contributed by atoms with E-state index in [1.807, 2.05) is 6.92 Å². The third kappa shape index (κ3) is 1.67. The average Bonchev–Trinajstić information content (AvgIpc) is 1.96. The first kappa shape index (κ1) is 8.43. The molecular weight excluding hydrogens is 144 g/mol. The van der Waals surface area contributed by atoms with Gasteiger partial charge in [-0.05, 0) is 18.1 Å². The van der Waals surface area contributed by atoms with Gasteiger partial charge in [-0.15, -0.1) is 0 Å². The Hall–Kier alpha value is -0.670. The fourth-order valence-electron chi connectivity index (χ4n) is 1.23. The van der Waals surface area contributed by atoms with Gasteiger partial charge in [-0.2, -0.15) is 0 Å². The van der Waals surface area contributed by atoms with Crippen LogP contribution in [0.5, 0.6) is 0 Å². The molecule has 0 aromatic carbocycles. The minimum absolute atomic E-state index is 0.0463. The Kier molecular flexibility index (Phi) is 2.42. The molecule has 0 fully saturated rings. The highest BCUT2D eigenvalue weighted by molar-refractivity contribution is 5.92. The summed E-state index contributed by atoms with van der Waals surface area (Å²) >= 11 is 0. The number of allylic oxidation sites excluding steroid dienone is 1. The van der Waals surface area contributed by atoms with Crippen molar-refractivity contribution in [2.75, 3.05) is 0 Å². The summed E-state index contributed by atoms with van der Waals surface area (Å²) in [6, 6.07) is 0. The molecule has 3 nitrogen and oxygen atoms in total. The Morgan fingerprint density at radius 2 is 2.27 bits per heavy atom. The molecule has 3 heteroatoms. The summed E-state index contributed by atoms with van der Waals surface area (Å²) < 4.78 is 0. The largest absolute Gasteiger partial charge is 0.390 e. The van der Waals surface area contributed by atoms with E-state index in [-0.39, 0.29) is 12.2 Å². The van der Waals surface area contributed by atoms with Crippen LogP contribution in [0.25, 0.3) is 0 Å². The standard InChI is InChI=1S/C8H12O3/c1-2-5-3-6(9)4-7(10)8(5)11/h3,7-8,10-11H,2,4H2,1H3/t7-,8+/m0/s1. The minimum atomic E-state index is -0.901. The van der Waals surface area contributed by atoms with E-state index in [0.29, 0.717) is 12.0 Å². The average molecular weight is 156 g/mol. The fourth-order valence-corrected chi connectivity index (χ4v) is 1.23.